The van der Waals surface area contributed by atoms with E-state index in [-0.39, 0.29) is 17.5 Å². The van der Waals surface area contributed by atoms with Gasteiger partial charge in [0.05, 0.1) is 16.9 Å². The second kappa shape index (κ2) is 5.76. The predicted octanol–water partition coefficient (Wildman–Crippen LogP) is 2.31. The second-order valence-electron chi connectivity index (χ2n) is 5.60. The summed E-state index contributed by atoms with van der Waals surface area (Å²) in [4.78, 5) is 24.7. The first kappa shape index (κ1) is 15.1. The Morgan fingerprint density at radius 2 is 1.87 bits per heavy atom. The highest BCUT2D eigenvalue weighted by Crippen LogP contribution is 2.26. The number of benzene rings is 1. The molecule has 0 aliphatic heterocycles. The Bertz CT molecular complexity index is 923. The van der Waals surface area contributed by atoms with E-state index in [1.807, 2.05) is 47.9 Å². The monoisotopic (exact) mass is 309 g/mol. The Balaban J connectivity index is 2.31. The fourth-order valence-corrected chi connectivity index (χ4v) is 2.92. The number of nitrogens with one attached hydrogen (secondary N) is 1. The molecule has 0 fully saturated rings. The molecule has 0 radical (unpaired) electrons. The van der Waals surface area contributed by atoms with E-state index in [0.29, 0.717) is 11.1 Å². The fourth-order valence-electron chi connectivity index (χ4n) is 2.92. The van der Waals surface area contributed by atoms with Crippen LogP contribution in [0.5, 0.6) is 0 Å². The van der Waals surface area contributed by atoms with Gasteiger partial charge in [0.1, 0.15) is 5.69 Å². The number of aryl methyl sites for hydroxylation is 1. The quantitative estimate of drug-likeness (QED) is 0.807. The number of hydrogen-bond donors (Lipinski definition) is 1. The van der Waals surface area contributed by atoms with Gasteiger partial charge in [-0.2, -0.15) is 0 Å². The first-order valence-corrected chi connectivity index (χ1v) is 7.52. The number of carbonyl (C=O) groups is 1. The highest BCUT2D eigenvalue weighted by molar-refractivity contribution is 5.98. The average molecular weight is 309 g/mol. The third-order valence-corrected chi connectivity index (χ3v) is 4.21. The van der Waals surface area contributed by atoms with Crippen LogP contribution in [0, 0.1) is 0 Å². The van der Waals surface area contributed by atoms with Crippen molar-refractivity contribution in [2.24, 2.45) is 7.05 Å². The van der Waals surface area contributed by atoms with Gasteiger partial charge in [-0.15, -0.1) is 0 Å². The summed E-state index contributed by atoms with van der Waals surface area (Å²) in [6.45, 7) is 2.03. The molecule has 1 amide bonds. The Morgan fingerprint density at radius 3 is 2.52 bits per heavy atom. The van der Waals surface area contributed by atoms with E-state index >= 15 is 0 Å². The van der Waals surface area contributed by atoms with Crippen molar-refractivity contribution < 1.29 is 4.79 Å². The first-order chi connectivity index (χ1) is 11.0. The Kier molecular flexibility index (Phi) is 3.78. The molecule has 0 aliphatic rings. The van der Waals surface area contributed by atoms with Gasteiger partial charge in [-0.3, -0.25) is 9.59 Å². The molecule has 1 N–H and O–H groups in total. The van der Waals surface area contributed by atoms with Crippen molar-refractivity contribution in [1.82, 2.24) is 14.5 Å². The molecule has 1 unspecified atom stereocenters. The number of carbonyl (C=O) groups excluding carboxylic acids is 1. The standard InChI is InChI=1S/C18H19N3O2/c1-12(13-7-5-4-6-8-13)21-15-9-10-20(3)18(23)14(15)11-16(21)17(22)19-2/h4-12H,1-3H3,(H,19,22). The van der Waals surface area contributed by atoms with Crippen LogP contribution in [-0.2, 0) is 7.05 Å². The molecule has 3 rings (SSSR count). The number of nitrogens with zero attached hydrogens (tertiary/aromatic N) is 2. The smallest absolute Gasteiger partial charge is 0.267 e. The van der Waals surface area contributed by atoms with Crippen LogP contribution in [0.2, 0.25) is 0 Å². The summed E-state index contributed by atoms with van der Waals surface area (Å²) >= 11 is 0. The lowest BCUT2D eigenvalue weighted by atomic mass is 10.1. The van der Waals surface area contributed by atoms with Gasteiger partial charge in [-0.05, 0) is 24.6 Å². The number of rotatable bonds is 3. The molecular formula is C18H19N3O2. The summed E-state index contributed by atoms with van der Waals surface area (Å²) in [6, 6.07) is 13.4. The zero-order valence-corrected chi connectivity index (χ0v) is 13.4. The highest BCUT2D eigenvalue weighted by Gasteiger charge is 2.21. The van der Waals surface area contributed by atoms with Gasteiger partial charge >= 0.3 is 0 Å². The largest absolute Gasteiger partial charge is 0.354 e. The van der Waals surface area contributed by atoms with Gasteiger partial charge in [-0.25, -0.2) is 0 Å². The molecule has 5 heteroatoms. The number of hydrogen-bond acceptors (Lipinski definition) is 2. The molecule has 1 atom stereocenters. The maximum absolute atomic E-state index is 12.4. The van der Waals surface area contributed by atoms with Crippen molar-refractivity contribution >= 4 is 16.8 Å². The zero-order chi connectivity index (χ0) is 16.6. The topological polar surface area (TPSA) is 56.0 Å². The maximum Gasteiger partial charge on any atom is 0.267 e. The van der Waals surface area contributed by atoms with E-state index < -0.39 is 0 Å². The molecule has 0 aliphatic carbocycles. The van der Waals surface area contributed by atoms with E-state index in [1.165, 1.54) is 4.57 Å². The van der Waals surface area contributed by atoms with Crippen molar-refractivity contribution in [3.63, 3.8) is 0 Å². The van der Waals surface area contributed by atoms with Crippen molar-refractivity contribution in [3.8, 4) is 0 Å². The van der Waals surface area contributed by atoms with Crippen LogP contribution in [0.15, 0.2) is 53.5 Å². The van der Waals surface area contributed by atoms with Crippen LogP contribution in [0.1, 0.15) is 29.0 Å². The second-order valence-corrected chi connectivity index (χ2v) is 5.60. The van der Waals surface area contributed by atoms with Crippen LogP contribution < -0.4 is 10.9 Å². The molecular weight excluding hydrogens is 290 g/mol. The summed E-state index contributed by atoms with van der Waals surface area (Å²) in [5, 5.41) is 3.21. The minimum absolute atomic E-state index is 0.0619. The summed E-state index contributed by atoms with van der Waals surface area (Å²) in [5.74, 6) is -0.203. The zero-order valence-electron chi connectivity index (χ0n) is 13.4. The van der Waals surface area contributed by atoms with Gasteiger partial charge in [0.25, 0.3) is 11.5 Å². The molecule has 0 saturated carbocycles. The molecule has 118 valence electrons. The molecule has 2 heterocycles. The minimum atomic E-state index is -0.203. The Hall–Kier alpha value is -2.82. The van der Waals surface area contributed by atoms with Gasteiger partial charge in [0.2, 0.25) is 0 Å². The van der Waals surface area contributed by atoms with Crippen molar-refractivity contribution in [2.45, 2.75) is 13.0 Å². The van der Waals surface area contributed by atoms with E-state index in [9.17, 15) is 9.59 Å². The lowest BCUT2D eigenvalue weighted by Crippen LogP contribution is -2.23. The summed E-state index contributed by atoms with van der Waals surface area (Å²) in [5.41, 5.74) is 2.23. The molecule has 0 bridgehead atoms. The van der Waals surface area contributed by atoms with Crippen molar-refractivity contribution in [1.29, 1.82) is 0 Å². The van der Waals surface area contributed by atoms with Crippen LogP contribution in [-0.4, -0.2) is 22.1 Å². The SMILES string of the molecule is CNC(=O)c1cc2c(=O)n(C)ccc2n1C(C)c1ccccc1. The molecule has 0 saturated heterocycles. The summed E-state index contributed by atoms with van der Waals surface area (Å²) < 4.78 is 3.44. The van der Waals surface area contributed by atoms with Crippen LogP contribution >= 0.6 is 0 Å². The van der Waals surface area contributed by atoms with Gasteiger partial charge in [0.15, 0.2) is 0 Å². The molecule has 23 heavy (non-hydrogen) atoms. The van der Waals surface area contributed by atoms with Gasteiger partial charge in [0, 0.05) is 20.3 Å². The molecule has 5 nitrogen and oxygen atoms in total. The van der Waals surface area contributed by atoms with Crippen molar-refractivity contribution in [3.05, 3.63) is 70.3 Å². The van der Waals surface area contributed by atoms with Crippen molar-refractivity contribution in [2.75, 3.05) is 7.05 Å². The summed E-state index contributed by atoms with van der Waals surface area (Å²) in [7, 11) is 3.30. The van der Waals surface area contributed by atoms with Gasteiger partial charge < -0.3 is 14.5 Å². The predicted molar refractivity (Wildman–Crippen MR) is 90.8 cm³/mol. The number of aromatic nitrogens is 2. The number of pyridine rings is 1. The van der Waals surface area contributed by atoms with Crippen LogP contribution in [0.4, 0.5) is 0 Å². The molecule has 3 aromatic rings. The number of amides is 1. The average Bonchev–Trinajstić information content (AvgIpc) is 2.97. The molecule has 1 aromatic carbocycles. The Labute approximate surface area is 134 Å². The summed E-state index contributed by atoms with van der Waals surface area (Å²) in [6.07, 6.45) is 1.73. The first-order valence-electron chi connectivity index (χ1n) is 7.52. The molecule has 2 aromatic heterocycles. The third-order valence-electron chi connectivity index (χ3n) is 4.21. The van der Waals surface area contributed by atoms with Crippen LogP contribution in [0.3, 0.4) is 0 Å². The minimum Gasteiger partial charge on any atom is -0.354 e. The normalized spacial score (nSPS) is 12.3. The van der Waals surface area contributed by atoms with E-state index in [4.69, 9.17) is 0 Å². The third kappa shape index (κ3) is 2.44. The lowest BCUT2D eigenvalue weighted by molar-refractivity contribution is 0.0953. The van der Waals surface area contributed by atoms with E-state index in [2.05, 4.69) is 5.32 Å². The highest BCUT2D eigenvalue weighted by atomic mass is 16.2. The maximum atomic E-state index is 12.4. The van der Waals surface area contributed by atoms with Crippen LogP contribution in [0.25, 0.3) is 10.9 Å². The number of fused-ring (bicyclic) bond motifs is 1. The fraction of sp³-hybridized carbons (Fsp3) is 0.222. The Morgan fingerprint density at radius 1 is 1.17 bits per heavy atom. The van der Waals surface area contributed by atoms with E-state index in [0.717, 1.165) is 11.1 Å². The lowest BCUT2D eigenvalue weighted by Gasteiger charge is -2.19. The van der Waals surface area contributed by atoms with Gasteiger partial charge in [-0.1, -0.05) is 30.3 Å². The van der Waals surface area contributed by atoms with E-state index in [1.54, 1.807) is 26.4 Å². The molecule has 0 spiro atoms.